The van der Waals surface area contributed by atoms with E-state index >= 15 is 0 Å². The number of aromatic carboxylic acids is 1. The molecular formula is C12H12N2O3. The number of nitrogens with zero attached hydrogens (tertiary/aromatic N) is 1. The molecule has 17 heavy (non-hydrogen) atoms. The number of nitrogens with one attached hydrogen (secondary N) is 1. The number of aryl methyl sites for hydroxylation is 1. The minimum Gasteiger partial charge on any atom is -0.475 e. The van der Waals surface area contributed by atoms with Gasteiger partial charge in [0.25, 0.3) is 6.01 Å². The fourth-order valence-electron chi connectivity index (χ4n) is 1.59. The van der Waals surface area contributed by atoms with Gasteiger partial charge in [-0.2, -0.15) is 4.98 Å². The Labute approximate surface area is 98.1 Å². The van der Waals surface area contributed by atoms with Crippen molar-refractivity contribution in [2.45, 2.75) is 6.92 Å². The first kappa shape index (κ1) is 11.2. The fraction of sp³-hybridized carbons (Fsp3) is 0.167. The molecule has 0 bridgehead atoms. The maximum Gasteiger partial charge on any atom is 0.374 e. The van der Waals surface area contributed by atoms with Gasteiger partial charge >= 0.3 is 5.97 Å². The standard InChI is InChI=1S/C12H12N2O3/c1-7-5-3-4-6-8(7)9-10(11(15)16)17-12(13-2)14-9/h3-6H,1-2H3,(H,13,14)(H,15,16). The Hall–Kier alpha value is -2.30. The summed E-state index contributed by atoms with van der Waals surface area (Å²) in [5.41, 5.74) is 2.06. The molecule has 0 saturated carbocycles. The van der Waals surface area contributed by atoms with E-state index in [2.05, 4.69) is 10.3 Å². The molecule has 1 aromatic heterocycles. The van der Waals surface area contributed by atoms with Gasteiger partial charge in [-0.05, 0) is 12.5 Å². The van der Waals surface area contributed by atoms with Crippen molar-refractivity contribution in [3.63, 3.8) is 0 Å². The largest absolute Gasteiger partial charge is 0.475 e. The van der Waals surface area contributed by atoms with Crippen molar-refractivity contribution in [1.29, 1.82) is 0 Å². The highest BCUT2D eigenvalue weighted by Crippen LogP contribution is 2.28. The predicted molar refractivity (Wildman–Crippen MR) is 63.2 cm³/mol. The van der Waals surface area contributed by atoms with Crippen molar-refractivity contribution >= 4 is 12.0 Å². The molecule has 0 radical (unpaired) electrons. The van der Waals surface area contributed by atoms with Crippen LogP contribution in [-0.4, -0.2) is 23.1 Å². The number of hydrogen-bond acceptors (Lipinski definition) is 4. The van der Waals surface area contributed by atoms with Gasteiger partial charge in [-0.1, -0.05) is 24.3 Å². The van der Waals surface area contributed by atoms with Gasteiger partial charge < -0.3 is 14.8 Å². The third kappa shape index (κ3) is 1.99. The lowest BCUT2D eigenvalue weighted by Gasteiger charge is -2.01. The molecule has 0 saturated heterocycles. The fourth-order valence-corrected chi connectivity index (χ4v) is 1.59. The molecule has 2 N–H and O–H groups in total. The van der Waals surface area contributed by atoms with E-state index in [1.807, 2.05) is 31.2 Å². The third-order valence-corrected chi connectivity index (χ3v) is 2.44. The molecule has 0 aliphatic carbocycles. The summed E-state index contributed by atoms with van der Waals surface area (Å²) in [6, 6.07) is 7.63. The number of anilines is 1. The first-order valence-corrected chi connectivity index (χ1v) is 5.11. The van der Waals surface area contributed by atoms with E-state index in [0.717, 1.165) is 11.1 Å². The van der Waals surface area contributed by atoms with Crippen LogP contribution in [0.3, 0.4) is 0 Å². The van der Waals surface area contributed by atoms with Gasteiger partial charge in [0.1, 0.15) is 5.69 Å². The van der Waals surface area contributed by atoms with Crippen LogP contribution in [0.4, 0.5) is 6.01 Å². The second kappa shape index (κ2) is 4.29. The Kier molecular flexibility index (Phi) is 2.82. The zero-order valence-corrected chi connectivity index (χ0v) is 9.52. The Morgan fingerprint density at radius 1 is 1.41 bits per heavy atom. The first-order valence-electron chi connectivity index (χ1n) is 5.11. The van der Waals surface area contributed by atoms with Crippen molar-refractivity contribution < 1.29 is 14.3 Å². The second-order valence-electron chi connectivity index (χ2n) is 3.57. The van der Waals surface area contributed by atoms with E-state index in [1.165, 1.54) is 0 Å². The van der Waals surface area contributed by atoms with Crippen molar-refractivity contribution in [3.05, 3.63) is 35.6 Å². The molecule has 1 heterocycles. The minimum absolute atomic E-state index is 0.149. The molecule has 0 unspecified atom stereocenters. The van der Waals surface area contributed by atoms with Gasteiger partial charge in [0, 0.05) is 12.6 Å². The van der Waals surface area contributed by atoms with Crippen LogP contribution < -0.4 is 5.32 Å². The van der Waals surface area contributed by atoms with Crippen LogP contribution in [0.2, 0.25) is 0 Å². The molecule has 0 amide bonds. The van der Waals surface area contributed by atoms with Gasteiger partial charge in [-0.25, -0.2) is 4.79 Å². The zero-order valence-electron chi connectivity index (χ0n) is 9.52. The number of aromatic nitrogens is 1. The number of oxazole rings is 1. The van der Waals surface area contributed by atoms with E-state index in [9.17, 15) is 4.79 Å². The lowest BCUT2D eigenvalue weighted by atomic mass is 10.0. The normalized spacial score (nSPS) is 10.2. The van der Waals surface area contributed by atoms with Gasteiger partial charge in [-0.3, -0.25) is 0 Å². The van der Waals surface area contributed by atoms with Crippen LogP contribution in [-0.2, 0) is 0 Å². The van der Waals surface area contributed by atoms with Crippen molar-refractivity contribution in [1.82, 2.24) is 4.98 Å². The SMILES string of the molecule is CNc1nc(-c2ccccc2C)c(C(=O)O)o1. The van der Waals surface area contributed by atoms with Gasteiger partial charge in [0.2, 0.25) is 5.76 Å². The van der Waals surface area contributed by atoms with E-state index in [4.69, 9.17) is 9.52 Å². The van der Waals surface area contributed by atoms with Crippen LogP contribution in [0.25, 0.3) is 11.3 Å². The molecule has 0 spiro atoms. The number of benzene rings is 1. The summed E-state index contributed by atoms with van der Waals surface area (Å²) >= 11 is 0. The highest BCUT2D eigenvalue weighted by molar-refractivity contribution is 5.92. The molecule has 88 valence electrons. The van der Waals surface area contributed by atoms with Gasteiger partial charge in [0.15, 0.2) is 0 Å². The van der Waals surface area contributed by atoms with Crippen LogP contribution in [0.15, 0.2) is 28.7 Å². The summed E-state index contributed by atoms with van der Waals surface area (Å²) in [6.07, 6.45) is 0. The lowest BCUT2D eigenvalue weighted by molar-refractivity contribution is 0.0665. The van der Waals surface area contributed by atoms with Crippen molar-refractivity contribution in [2.24, 2.45) is 0 Å². The highest BCUT2D eigenvalue weighted by Gasteiger charge is 2.21. The van der Waals surface area contributed by atoms with Gasteiger partial charge in [0.05, 0.1) is 0 Å². The number of hydrogen-bond donors (Lipinski definition) is 2. The van der Waals surface area contributed by atoms with E-state index in [1.54, 1.807) is 7.05 Å². The average molecular weight is 232 g/mol. The van der Waals surface area contributed by atoms with E-state index in [0.29, 0.717) is 5.69 Å². The van der Waals surface area contributed by atoms with E-state index in [-0.39, 0.29) is 11.8 Å². The molecular weight excluding hydrogens is 220 g/mol. The molecule has 5 nitrogen and oxygen atoms in total. The highest BCUT2D eigenvalue weighted by atomic mass is 16.4. The maximum atomic E-state index is 11.1. The molecule has 0 atom stereocenters. The molecule has 2 aromatic rings. The summed E-state index contributed by atoms with van der Waals surface area (Å²) in [7, 11) is 1.62. The quantitative estimate of drug-likeness (QED) is 0.849. The third-order valence-electron chi connectivity index (χ3n) is 2.44. The summed E-state index contributed by atoms with van der Waals surface area (Å²) in [5, 5.41) is 11.8. The summed E-state index contributed by atoms with van der Waals surface area (Å²) in [6.45, 7) is 1.90. The van der Waals surface area contributed by atoms with Crippen molar-refractivity contribution in [2.75, 3.05) is 12.4 Å². The molecule has 2 rings (SSSR count). The predicted octanol–water partition coefficient (Wildman–Crippen LogP) is 2.39. The Balaban J connectivity index is 2.62. The number of carboxylic acids is 1. The number of carbonyl (C=O) groups is 1. The zero-order chi connectivity index (χ0) is 12.4. The summed E-state index contributed by atoms with van der Waals surface area (Å²) in [4.78, 5) is 15.2. The lowest BCUT2D eigenvalue weighted by Crippen LogP contribution is -1.97. The van der Waals surface area contributed by atoms with Crippen molar-refractivity contribution in [3.8, 4) is 11.3 Å². The maximum absolute atomic E-state index is 11.1. The topological polar surface area (TPSA) is 75.4 Å². The molecule has 1 aromatic carbocycles. The van der Waals surface area contributed by atoms with Crippen LogP contribution in [0.5, 0.6) is 0 Å². The summed E-state index contributed by atoms with van der Waals surface area (Å²) < 4.78 is 5.11. The van der Waals surface area contributed by atoms with Crippen LogP contribution in [0.1, 0.15) is 16.1 Å². The molecule has 0 aliphatic heterocycles. The Morgan fingerprint density at radius 2 is 2.12 bits per heavy atom. The molecule has 5 heteroatoms. The van der Waals surface area contributed by atoms with Gasteiger partial charge in [-0.15, -0.1) is 0 Å². The average Bonchev–Trinajstić information content (AvgIpc) is 2.73. The number of rotatable bonds is 3. The second-order valence-corrected chi connectivity index (χ2v) is 3.57. The van der Waals surface area contributed by atoms with Crippen LogP contribution >= 0.6 is 0 Å². The smallest absolute Gasteiger partial charge is 0.374 e. The number of carboxylic acid groups (broad SMARTS) is 1. The molecule has 0 aliphatic rings. The monoisotopic (exact) mass is 232 g/mol. The Morgan fingerprint density at radius 3 is 2.71 bits per heavy atom. The van der Waals surface area contributed by atoms with E-state index < -0.39 is 5.97 Å². The van der Waals surface area contributed by atoms with Crippen LogP contribution in [0, 0.1) is 6.92 Å². The Bertz CT molecular complexity index is 561. The minimum atomic E-state index is -1.13. The molecule has 0 fully saturated rings. The summed E-state index contributed by atoms with van der Waals surface area (Å²) in [5.74, 6) is -1.28. The first-order chi connectivity index (χ1) is 8.13.